The third kappa shape index (κ3) is 6.93. The number of alkyl halides is 3. The maximum atomic E-state index is 13.2. The second-order valence-electron chi connectivity index (χ2n) is 6.04. The Kier molecular flexibility index (Phi) is 8.13. The van der Waals surface area contributed by atoms with E-state index in [1.807, 2.05) is 0 Å². The summed E-state index contributed by atoms with van der Waals surface area (Å²) in [5, 5.41) is 0.746. The zero-order valence-electron chi connectivity index (χ0n) is 15.8. The van der Waals surface area contributed by atoms with Gasteiger partial charge in [-0.2, -0.15) is 13.2 Å². The van der Waals surface area contributed by atoms with Crippen molar-refractivity contribution in [3.63, 3.8) is 0 Å². The molecule has 0 unspecified atom stereocenters. The standard InChI is InChI=1S/C18H21F4NO5/c1-17(2,26-3)28-14(11-24)10-16(25)23(27-4)8-7-12-5-6-13(19)9-15(12)18(20,21)22/h5-6,9-11H,7-8H2,1-4H3/b14-10-. The first-order valence-electron chi connectivity index (χ1n) is 8.05. The molecule has 28 heavy (non-hydrogen) atoms. The topological polar surface area (TPSA) is 65.1 Å². The van der Waals surface area contributed by atoms with Crippen LogP contribution in [0.3, 0.4) is 0 Å². The molecule has 10 heteroatoms. The third-order valence-electron chi connectivity index (χ3n) is 3.66. The van der Waals surface area contributed by atoms with Gasteiger partial charge in [-0.1, -0.05) is 6.07 Å². The van der Waals surface area contributed by atoms with E-state index in [0.717, 1.165) is 30.4 Å². The van der Waals surface area contributed by atoms with Crippen LogP contribution in [-0.2, 0) is 36.5 Å². The van der Waals surface area contributed by atoms with Crippen molar-refractivity contribution in [2.75, 3.05) is 20.8 Å². The van der Waals surface area contributed by atoms with Crippen molar-refractivity contribution in [1.29, 1.82) is 0 Å². The molecule has 0 aliphatic carbocycles. The number of hydrogen-bond donors (Lipinski definition) is 0. The fourth-order valence-corrected chi connectivity index (χ4v) is 2.15. The molecule has 6 nitrogen and oxygen atoms in total. The van der Waals surface area contributed by atoms with Crippen molar-refractivity contribution in [2.24, 2.45) is 0 Å². The molecule has 0 radical (unpaired) electrons. The van der Waals surface area contributed by atoms with Gasteiger partial charge >= 0.3 is 6.18 Å². The Hall–Kier alpha value is -2.46. The largest absolute Gasteiger partial charge is 0.459 e. The highest BCUT2D eigenvalue weighted by atomic mass is 19.4. The van der Waals surface area contributed by atoms with Gasteiger partial charge in [-0.05, 0) is 24.1 Å². The van der Waals surface area contributed by atoms with Gasteiger partial charge in [0.2, 0.25) is 5.79 Å². The Morgan fingerprint density at radius 3 is 2.36 bits per heavy atom. The molecule has 1 amide bonds. The van der Waals surface area contributed by atoms with E-state index in [9.17, 15) is 27.2 Å². The molecule has 0 spiro atoms. The molecule has 0 saturated carbocycles. The van der Waals surface area contributed by atoms with E-state index in [-0.39, 0.29) is 30.6 Å². The van der Waals surface area contributed by atoms with Gasteiger partial charge in [-0.25, -0.2) is 9.45 Å². The molecule has 0 heterocycles. The van der Waals surface area contributed by atoms with E-state index in [1.165, 1.54) is 21.0 Å². The summed E-state index contributed by atoms with van der Waals surface area (Å²) in [6.07, 6.45) is -3.90. The summed E-state index contributed by atoms with van der Waals surface area (Å²) in [5.74, 6) is -3.38. The molecule has 0 bridgehead atoms. The Morgan fingerprint density at radius 2 is 1.86 bits per heavy atom. The number of benzene rings is 1. The molecule has 0 saturated heterocycles. The smallest absolute Gasteiger partial charge is 0.416 e. The average molecular weight is 407 g/mol. The van der Waals surface area contributed by atoms with E-state index in [1.54, 1.807) is 0 Å². The highest BCUT2D eigenvalue weighted by Gasteiger charge is 2.33. The number of amides is 1. The third-order valence-corrected chi connectivity index (χ3v) is 3.66. The molecular formula is C18H21F4NO5. The summed E-state index contributed by atoms with van der Waals surface area (Å²) in [4.78, 5) is 28.2. The number of nitrogens with zero attached hydrogens (tertiary/aromatic N) is 1. The summed E-state index contributed by atoms with van der Waals surface area (Å²) in [6.45, 7) is 2.74. The lowest BCUT2D eigenvalue weighted by Gasteiger charge is -2.24. The lowest BCUT2D eigenvalue weighted by Crippen LogP contribution is -2.32. The SMILES string of the molecule is CON(CCc1ccc(F)cc1C(F)(F)F)C(=O)/C=C(/C=O)OC(C)(C)OC. The van der Waals surface area contributed by atoms with Gasteiger partial charge in [0, 0.05) is 21.0 Å². The zero-order valence-corrected chi connectivity index (χ0v) is 15.8. The maximum Gasteiger partial charge on any atom is 0.416 e. The van der Waals surface area contributed by atoms with Gasteiger partial charge in [0.1, 0.15) is 5.82 Å². The van der Waals surface area contributed by atoms with Crippen LogP contribution in [-0.4, -0.2) is 43.8 Å². The summed E-state index contributed by atoms with van der Waals surface area (Å²) in [6, 6.07) is 2.28. The number of carbonyl (C=O) groups is 2. The van der Waals surface area contributed by atoms with Crippen molar-refractivity contribution in [1.82, 2.24) is 5.06 Å². The summed E-state index contributed by atoms with van der Waals surface area (Å²) in [5.41, 5.74) is -1.34. The predicted octanol–water partition coefficient (Wildman–Crippen LogP) is 3.26. The van der Waals surface area contributed by atoms with E-state index >= 15 is 0 Å². The van der Waals surface area contributed by atoms with Gasteiger partial charge in [-0.15, -0.1) is 0 Å². The second-order valence-corrected chi connectivity index (χ2v) is 6.04. The molecule has 1 rings (SSSR count). The minimum atomic E-state index is -4.75. The monoisotopic (exact) mass is 407 g/mol. The van der Waals surface area contributed by atoms with Gasteiger partial charge in [0.25, 0.3) is 5.91 Å². The number of allylic oxidation sites excluding steroid dienone is 1. The Bertz CT molecular complexity index is 731. The maximum absolute atomic E-state index is 13.2. The fourth-order valence-electron chi connectivity index (χ4n) is 2.15. The van der Waals surface area contributed by atoms with E-state index in [4.69, 9.17) is 14.3 Å². The number of halogens is 4. The summed E-state index contributed by atoms with van der Waals surface area (Å²) in [7, 11) is 2.48. The molecule has 0 fully saturated rings. The van der Waals surface area contributed by atoms with Crippen LogP contribution in [0.2, 0.25) is 0 Å². The number of ether oxygens (including phenoxy) is 2. The molecule has 1 aromatic rings. The molecule has 0 aliphatic heterocycles. The Morgan fingerprint density at radius 1 is 1.21 bits per heavy atom. The fraction of sp³-hybridized carbons (Fsp3) is 0.444. The average Bonchev–Trinajstić information content (AvgIpc) is 2.61. The van der Waals surface area contributed by atoms with Gasteiger partial charge in [-0.3, -0.25) is 14.4 Å². The minimum absolute atomic E-state index is 0.208. The number of carbonyl (C=O) groups excluding carboxylic acids is 2. The van der Waals surface area contributed by atoms with Crippen molar-refractivity contribution in [3.8, 4) is 0 Å². The molecule has 156 valence electrons. The van der Waals surface area contributed by atoms with E-state index in [2.05, 4.69) is 0 Å². The highest BCUT2D eigenvalue weighted by molar-refractivity contribution is 5.92. The number of aldehydes is 1. The number of rotatable bonds is 9. The van der Waals surface area contributed by atoms with E-state index in [0.29, 0.717) is 6.07 Å². The van der Waals surface area contributed by atoms with Gasteiger partial charge in [0.15, 0.2) is 12.0 Å². The lowest BCUT2D eigenvalue weighted by molar-refractivity contribution is -0.177. The van der Waals surface area contributed by atoms with Crippen LogP contribution < -0.4 is 0 Å². The zero-order chi connectivity index (χ0) is 21.5. The first kappa shape index (κ1) is 23.6. The Labute approximate surface area is 159 Å². The van der Waals surface area contributed by atoms with Crippen LogP contribution in [0.15, 0.2) is 30.0 Å². The van der Waals surface area contributed by atoms with Crippen LogP contribution >= 0.6 is 0 Å². The Balaban J connectivity index is 2.95. The quantitative estimate of drug-likeness (QED) is 0.157. The highest BCUT2D eigenvalue weighted by Crippen LogP contribution is 2.32. The first-order valence-corrected chi connectivity index (χ1v) is 8.05. The molecule has 0 aliphatic rings. The minimum Gasteiger partial charge on any atom is -0.459 e. The number of hydroxylamine groups is 2. The van der Waals surface area contributed by atoms with Gasteiger partial charge in [0.05, 0.1) is 25.3 Å². The molecular weight excluding hydrogens is 386 g/mol. The van der Waals surface area contributed by atoms with E-state index < -0.39 is 29.3 Å². The van der Waals surface area contributed by atoms with Crippen molar-refractivity contribution in [3.05, 3.63) is 47.0 Å². The molecule has 0 atom stereocenters. The molecule has 1 aromatic carbocycles. The molecule has 0 aromatic heterocycles. The van der Waals surface area contributed by atoms with Crippen LogP contribution in [0.4, 0.5) is 17.6 Å². The summed E-state index contributed by atoms with van der Waals surface area (Å²) < 4.78 is 62.5. The number of hydrogen-bond acceptors (Lipinski definition) is 5. The van der Waals surface area contributed by atoms with Gasteiger partial charge < -0.3 is 9.47 Å². The van der Waals surface area contributed by atoms with Crippen molar-refractivity contribution < 1.29 is 41.5 Å². The van der Waals surface area contributed by atoms with Crippen molar-refractivity contribution in [2.45, 2.75) is 32.2 Å². The summed E-state index contributed by atoms with van der Waals surface area (Å²) >= 11 is 0. The molecule has 0 N–H and O–H groups in total. The van der Waals surface area contributed by atoms with Crippen LogP contribution in [0.1, 0.15) is 25.0 Å². The van der Waals surface area contributed by atoms with Crippen LogP contribution in [0.25, 0.3) is 0 Å². The van der Waals surface area contributed by atoms with Crippen LogP contribution in [0, 0.1) is 5.82 Å². The van der Waals surface area contributed by atoms with Crippen molar-refractivity contribution >= 4 is 12.2 Å². The predicted molar refractivity (Wildman–Crippen MR) is 90.1 cm³/mol. The number of methoxy groups -OCH3 is 1. The van der Waals surface area contributed by atoms with Crippen LogP contribution in [0.5, 0.6) is 0 Å². The first-order chi connectivity index (χ1) is 12.9. The normalized spacial score (nSPS) is 12.6. The second kappa shape index (κ2) is 9.65. The lowest BCUT2D eigenvalue weighted by atomic mass is 10.0.